The summed E-state index contributed by atoms with van der Waals surface area (Å²) in [7, 11) is 1.33. The summed E-state index contributed by atoms with van der Waals surface area (Å²) in [6, 6.07) is 12.5. The summed E-state index contributed by atoms with van der Waals surface area (Å²) in [5, 5.41) is 0. The van der Waals surface area contributed by atoms with Crippen LogP contribution in [0.5, 0.6) is 11.5 Å². The van der Waals surface area contributed by atoms with E-state index in [2.05, 4.69) is 11.9 Å². The number of esters is 1. The van der Waals surface area contributed by atoms with Crippen molar-refractivity contribution in [3.63, 3.8) is 0 Å². The Hall–Kier alpha value is -3.13. The van der Waals surface area contributed by atoms with Gasteiger partial charge >= 0.3 is 5.97 Å². The average Bonchev–Trinajstić information content (AvgIpc) is 3.12. The molecule has 7 nitrogen and oxygen atoms in total. The largest absolute Gasteiger partial charge is 0.494 e. The van der Waals surface area contributed by atoms with Crippen molar-refractivity contribution >= 4 is 33.4 Å². The van der Waals surface area contributed by atoms with Gasteiger partial charge in [-0.3, -0.25) is 9.59 Å². The maximum atomic E-state index is 12.8. The molecule has 164 valence electrons. The first-order chi connectivity index (χ1) is 15.1. The highest BCUT2D eigenvalue weighted by molar-refractivity contribution is 7.16. The molecule has 0 unspecified atom stereocenters. The highest BCUT2D eigenvalue weighted by Gasteiger charge is 2.16. The summed E-state index contributed by atoms with van der Waals surface area (Å²) < 4.78 is 18.7. The van der Waals surface area contributed by atoms with Crippen molar-refractivity contribution in [3.05, 3.63) is 52.8 Å². The van der Waals surface area contributed by atoms with Gasteiger partial charge in [0.15, 0.2) is 4.80 Å². The number of aromatic nitrogens is 1. The van der Waals surface area contributed by atoms with Crippen molar-refractivity contribution in [2.45, 2.75) is 33.2 Å². The van der Waals surface area contributed by atoms with Crippen LogP contribution in [-0.2, 0) is 16.1 Å². The van der Waals surface area contributed by atoms with E-state index in [1.165, 1.54) is 18.4 Å². The summed E-state index contributed by atoms with van der Waals surface area (Å²) in [5.74, 6) is 0.508. The second-order valence-corrected chi connectivity index (χ2v) is 7.74. The summed E-state index contributed by atoms with van der Waals surface area (Å²) in [6.45, 7) is 5.04. The number of hydrogen-bond donors (Lipinski definition) is 0. The number of thiazole rings is 1. The molecule has 1 amide bonds. The normalized spacial score (nSPS) is 11.5. The fourth-order valence-electron chi connectivity index (χ4n) is 2.97. The lowest BCUT2D eigenvalue weighted by Crippen LogP contribution is -2.22. The summed E-state index contributed by atoms with van der Waals surface area (Å²) in [5.41, 5.74) is 1.15. The molecular formula is C23H26N2O5S. The van der Waals surface area contributed by atoms with E-state index in [1.807, 2.05) is 25.1 Å². The number of methoxy groups -OCH3 is 1. The number of fused-ring (bicyclic) bond motifs is 1. The molecule has 0 spiro atoms. The zero-order valence-electron chi connectivity index (χ0n) is 17.9. The SMILES string of the molecule is CCCCOc1ccc(C(=O)N=c2sc3cccc(OCC)c3n2CC(=O)OC)cc1. The maximum absolute atomic E-state index is 12.8. The first-order valence-electron chi connectivity index (χ1n) is 10.2. The Morgan fingerprint density at radius 1 is 1.06 bits per heavy atom. The van der Waals surface area contributed by atoms with E-state index in [0.717, 1.165) is 17.5 Å². The van der Waals surface area contributed by atoms with Crippen LogP contribution in [0.1, 0.15) is 37.0 Å². The second-order valence-electron chi connectivity index (χ2n) is 6.73. The van der Waals surface area contributed by atoms with Crippen LogP contribution in [-0.4, -0.2) is 36.8 Å². The number of rotatable bonds is 9. The van der Waals surface area contributed by atoms with Gasteiger partial charge in [-0.1, -0.05) is 30.7 Å². The van der Waals surface area contributed by atoms with E-state index in [9.17, 15) is 9.59 Å². The number of amides is 1. The first-order valence-corrected chi connectivity index (χ1v) is 11.0. The molecule has 0 radical (unpaired) electrons. The Morgan fingerprint density at radius 2 is 1.84 bits per heavy atom. The fourth-order valence-corrected chi connectivity index (χ4v) is 4.02. The van der Waals surface area contributed by atoms with Crippen LogP contribution >= 0.6 is 11.3 Å². The minimum Gasteiger partial charge on any atom is -0.494 e. The molecule has 0 atom stereocenters. The molecule has 0 fully saturated rings. The average molecular weight is 443 g/mol. The van der Waals surface area contributed by atoms with Crippen LogP contribution in [0.3, 0.4) is 0 Å². The van der Waals surface area contributed by atoms with Gasteiger partial charge in [-0.2, -0.15) is 4.99 Å². The Morgan fingerprint density at radius 3 is 2.52 bits per heavy atom. The standard InChI is InChI=1S/C23H26N2O5S/c1-4-6-14-30-17-12-10-16(11-13-17)22(27)24-23-25(15-20(26)28-3)21-18(29-5-2)8-7-9-19(21)31-23/h7-13H,4-6,14-15H2,1-3H3. The van der Waals surface area contributed by atoms with Crippen molar-refractivity contribution in [1.82, 2.24) is 4.57 Å². The van der Waals surface area contributed by atoms with Crippen LogP contribution in [0.4, 0.5) is 0 Å². The van der Waals surface area contributed by atoms with Crippen molar-refractivity contribution in [1.29, 1.82) is 0 Å². The number of ether oxygens (including phenoxy) is 3. The molecule has 0 N–H and O–H groups in total. The number of carbonyl (C=O) groups excluding carboxylic acids is 2. The molecule has 0 aliphatic carbocycles. The van der Waals surface area contributed by atoms with Gasteiger partial charge in [-0.15, -0.1) is 0 Å². The lowest BCUT2D eigenvalue weighted by Gasteiger charge is -2.09. The van der Waals surface area contributed by atoms with Gasteiger partial charge in [0.2, 0.25) is 0 Å². The van der Waals surface area contributed by atoms with Crippen LogP contribution in [0.2, 0.25) is 0 Å². The number of nitrogens with zero attached hydrogens (tertiary/aromatic N) is 2. The van der Waals surface area contributed by atoms with Gasteiger partial charge in [-0.25, -0.2) is 0 Å². The summed E-state index contributed by atoms with van der Waals surface area (Å²) in [6.07, 6.45) is 2.03. The molecule has 0 bridgehead atoms. The Kier molecular flexibility index (Phi) is 7.83. The van der Waals surface area contributed by atoms with E-state index >= 15 is 0 Å². The molecule has 0 aliphatic heterocycles. The van der Waals surface area contributed by atoms with E-state index in [1.54, 1.807) is 28.8 Å². The Labute approximate surface area is 184 Å². The first kappa shape index (κ1) is 22.6. The fraction of sp³-hybridized carbons (Fsp3) is 0.348. The molecule has 0 aliphatic rings. The van der Waals surface area contributed by atoms with Gasteiger partial charge in [0.25, 0.3) is 5.91 Å². The zero-order valence-corrected chi connectivity index (χ0v) is 18.7. The molecule has 8 heteroatoms. The van der Waals surface area contributed by atoms with Crippen LogP contribution in [0, 0.1) is 0 Å². The Balaban J connectivity index is 1.98. The molecule has 3 rings (SSSR count). The second kappa shape index (κ2) is 10.8. The highest BCUT2D eigenvalue weighted by atomic mass is 32.1. The van der Waals surface area contributed by atoms with E-state index < -0.39 is 11.9 Å². The lowest BCUT2D eigenvalue weighted by molar-refractivity contribution is -0.141. The van der Waals surface area contributed by atoms with Crippen molar-refractivity contribution < 1.29 is 23.8 Å². The van der Waals surface area contributed by atoms with Crippen LogP contribution in [0.15, 0.2) is 47.5 Å². The van der Waals surface area contributed by atoms with Gasteiger partial charge < -0.3 is 18.8 Å². The van der Waals surface area contributed by atoms with E-state index in [4.69, 9.17) is 14.2 Å². The highest BCUT2D eigenvalue weighted by Crippen LogP contribution is 2.27. The minimum absolute atomic E-state index is 0.0725. The third-order valence-electron chi connectivity index (χ3n) is 4.54. The molecule has 1 heterocycles. The monoisotopic (exact) mass is 442 g/mol. The van der Waals surface area contributed by atoms with Crippen LogP contribution < -0.4 is 14.3 Å². The lowest BCUT2D eigenvalue weighted by atomic mass is 10.2. The van der Waals surface area contributed by atoms with Crippen LogP contribution in [0.25, 0.3) is 10.2 Å². The number of para-hydroxylation sites is 1. The maximum Gasteiger partial charge on any atom is 0.325 e. The van der Waals surface area contributed by atoms with Crippen molar-refractivity contribution in [2.75, 3.05) is 20.3 Å². The minimum atomic E-state index is -0.437. The molecule has 2 aromatic carbocycles. The molecule has 3 aromatic rings. The predicted octanol–water partition coefficient (Wildman–Crippen LogP) is 4.19. The summed E-state index contributed by atoms with van der Waals surface area (Å²) in [4.78, 5) is 29.5. The van der Waals surface area contributed by atoms with E-state index in [0.29, 0.717) is 40.6 Å². The summed E-state index contributed by atoms with van der Waals surface area (Å²) >= 11 is 1.32. The third-order valence-corrected chi connectivity index (χ3v) is 5.59. The molecule has 31 heavy (non-hydrogen) atoms. The van der Waals surface area contributed by atoms with Gasteiger partial charge in [-0.05, 0) is 49.7 Å². The molecule has 0 saturated carbocycles. The predicted molar refractivity (Wildman–Crippen MR) is 120 cm³/mol. The van der Waals surface area contributed by atoms with Crippen molar-refractivity contribution in [3.8, 4) is 11.5 Å². The number of unbranched alkanes of at least 4 members (excludes halogenated alkanes) is 1. The molecule has 0 saturated heterocycles. The van der Waals surface area contributed by atoms with Gasteiger partial charge in [0.1, 0.15) is 23.6 Å². The van der Waals surface area contributed by atoms with Gasteiger partial charge in [0.05, 0.1) is 25.0 Å². The number of benzene rings is 2. The van der Waals surface area contributed by atoms with E-state index in [-0.39, 0.29) is 6.54 Å². The number of hydrogen-bond acceptors (Lipinski definition) is 6. The van der Waals surface area contributed by atoms with Crippen molar-refractivity contribution in [2.24, 2.45) is 4.99 Å². The molecule has 1 aromatic heterocycles. The Bertz CT molecular complexity index is 1120. The molecular weight excluding hydrogens is 416 g/mol. The van der Waals surface area contributed by atoms with Gasteiger partial charge in [0, 0.05) is 5.56 Å². The smallest absolute Gasteiger partial charge is 0.325 e. The topological polar surface area (TPSA) is 79.1 Å². The number of carbonyl (C=O) groups is 2. The third kappa shape index (κ3) is 5.52. The quantitative estimate of drug-likeness (QED) is 0.367. The zero-order chi connectivity index (χ0) is 22.2.